The quantitative estimate of drug-likeness (QED) is 0.461. The fourth-order valence-corrected chi connectivity index (χ4v) is 3.06. The van der Waals surface area contributed by atoms with Crippen molar-refractivity contribution in [2.75, 3.05) is 0 Å². The van der Waals surface area contributed by atoms with E-state index in [2.05, 4.69) is 72.7 Å². The van der Waals surface area contributed by atoms with E-state index in [1.165, 1.54) is 53.5 Å². The van der Waals surface area contributed by atoms with Gasteiger partial charge in [-0.3, -0.25) is 0 Å². The van der Waals surface area contributed by atoms with Crippen molar-refractivity contribution in [2.45, 2.75) is 80.1 Å². The molecular formula is C22H34. The Kier molecular flexibility index (Phi) is 7.65. The van der Waals surface area contributed by atoms with Crippen LogP contribution >= 0.6 is 0 Å². The molecule has 0 saturated carbocycles. The van der Waals surface area contributed by atoms with Gasteiger partial charge in [0.1, 0.15) is 0 Å². The Labute approximate surface area is 138 Å². The minimum Gasteiger partial charge on any atom is -0.0732 e. The van der Waals surface area contributed by atoms with Gasteiger partial charge >= 0.3 is 0 Å². The Morgan fingerprint density at radius 1 is 0.909 bits per heavy atom. The molecule has 22 heavy (non-hydrogen) atoms. The SMILES string of the molecule is CCC(CCC(CC)c1ccc(C)cc1)=C(C)C(C)=C(C)C. The Balaban J connectivity index is 2.86. The van der Waals surface area contributed by atoms with Crippen molar-refractivity contribution >= 4 is 0 Å². The highest BCUT2D eigenvalue weighted by Crippen LogP contribution is 2.30. The van der Waals surface area contributed by atoms with Gasteiger partial charge in [0.05, 0.1) is 0 Å². The van der Waals surface area contributed by atoms with Crippen LogP contribution in [0, 0.1) is 6.92 Å². The molecule has 0 aliphatic heterocycles. The van der Waals surface area contributed by atoms with E-state index in [1.54, 1.807) is 5.57 Å². The molecule has 0 N–H and O–H groups in total. The first-order valence-corrected chi connectivity index (χ1v) is 8.80. The predicted octanol–water partition coefficient (Wildman–Crippen LogP) is 7.35. The molecule has 0 aliphatic carbocycles. The van der Waals surface area contributed by atoms with Gasteiger partial charge in [-0.2, -0.15) is 0 Å². The highest BCUT2D eigenvalue weighted by Gasteiger charge is 2.11. The molecule has 1 aromatic rings. The van der Waals surface area contributed by atoms with Gasteiger partial charge < -0.3 is 0 Å². The van der Waals surface area contributed by atoms with E-state index in [-0.39, 0.29) is 0 Å². The van der Waals surface area contributed by atoms with Crippen LogP contribution in [0.4, 0.5) is 0 Å². The van der Waals surface area contributed by atoms with Gasteiger partial charge in [0, 0.05) is 0 Å². The molecule has 0 radical (unpaired) electrons. The first-order chi connectivity index (χ1) is 10.4. The van der Waals surface area contributed by atoms with E-state index in [4.69, 9.17) is 0 Å². The van der Waals surface area contributed by atoms with Crippen molar-refractivity contribution in [3.63, 3.8) is 0 Å². The zero-order valence-corrected chi connectivity index (χ0v) is 15.7. The van der Waals surface area contributed by atoms with E-state index >= 15 is 0 Å². The van der Waals surface area contributed by atoms with Crippen LogP contribution in [0.5, 0.6) is 0 Å². The van der Waals surface area contributed by atoms with Crippen molar-refractivity contribution in [3.05, 3.63) is 57.7 Å². The molecule has 122 valence electrons. The zero-order chi connectivity index (χ0) is 16.7. The summed E-state index contributed by atoms with van der Waals surface area (Å²) in [7, 11) is 0. The Morgan fingerprint density at radius 2 is 1.50 bits per heavy atom. The van der Waals surface area contributed by atoms with E-state index in [0.717, 1.165) is 0 Å². The molecule has 0 aromatic heterocycles. The molecule has 0 saturated heterocycles. The van der Waals surface area contributed by atoms with Crippen LogP contribution in [0.2, 0.25) is 0 Å². The maximum Gasteiger partial charge on any atom is -0.0162 e. The monoisotopic (exact) mass is 298 g/mol. The van der Waals surface area contributed by atoms with E-state index in [0.29, 0.717) is 5.92 Å². The summed E-state index contributed by atoms with van der Waals surface area (Å²) in [5.74, 6) is 0.682. The third-order valence-corrected chi connectivity index (χ3v) is 5.11. The summed E-state index contributed by atoms with van der Waals surface area (Å²) in [5.41, 5.74) is 8.91. The van der Waals surface area contributed by atoms with Gasteiger partial charge in [-0.05, 0) is 82.9 Å². The van der Waals surface area contributed by atoms with Crippen LogP contribution < -0.4 is 0 Å². The molecule has 0 bridgehead atoms. The van der Waals surface area contributed by atoms with Gasteiger partial charge in [0.15, 0.2) is 0 Å². The van der Waals surface area contributed by atoms with Crippen LogP contribution in [-0.4, -0.2) is 0 Å². The minimum atomic E-state index is 0.682. The smallest absolute Gasteiger partial charge is 0.0162 e. The minimum absolute atomic E-state index is 0.682. The standard InChI is InChI=1S/C22H34/c1-8-20(19(7)18(6)16(3)4)14-15-21(9-2)22-12-10-17(5)11-13-22/h10-13,21H,8-9,14-15H2,1-7H3. The van der Waals surface area contributed by atoms with Crippen molar-refractivity contribution in [2.24, 2.45) is 0 Å². The van der Waals surface area contributed by atoms with Crippen molar-refractivity contribution in [3.8, 4) is 0 Å². The number of rotatable bonds is 7. The highest BCUT2D eigenvalue weighted by molar-refractivity contribution is 5.35. The Morgan fingerprint density at radius 3 is 1.95 bits per heavy atom. The van der Waals surface area contributed by atoms with Gasteiger partial charge in [0.2, 0.25) is 0 Å². The third-order valence-electron chi connectivity index (χ3n) is 5.11. The number of allylic oxidation sites excluding steroid dienone is 4. The molecule has 0 heteroatoms. The number of hydrogen-bond donors (Lipinski definition) is 0. The topological polar surface area (TPSA) is 0 Å². The van der Waals surface area contributed by atoms with Gasteiger partial charge in [-0.1, -0.05) is 54.8 Å². The molecular weight excluding hydrogens is 264 g/mol. The van der Waals surface area contributed by atoms with Crippen molar-refractivity contribution < 1.29 is 0 Å². The summed E-state index contributed by atoms with van der Waals surface area (Å²) < 4.78 is 0. The van der Waals surface area contributed by atoms with Gasteiger partial charge in [-0.15, -0.1) is 0 Å². The fourth-order valence-electron chi connectivity index (χ4n) is 3.06. The lowest BCUT2D eigenvalue weighted by Crippen LogP contribution is -2.00. The second-order valence-corrected chi connectivity index (χ2v) is 6.76. The molecule has 1 aromatic carbocycles. The number of hydrogen-bond acceptors (Lipinski definition) is 0. The van der Waals surface area contributed by atoms with E-state index < -0.39 is 0 Å². The average molecular weight is 299 g/mol. The maximum absolute atomic E-state index is 2.31. The average Bonchev–Trinajstić information content (AvgIpc) is 2.51. The van der Waals surface area contributed by atoms with Crippen LogP contribution in [-0.2, 0) is 0 Å². The van der Waals surface area contributed by atoms with Crippen LogP contribution in [0.3, 0.4) is 0 Å². The first-order valence-electron chi connectivity index (χ1n) is 8.80. The maximum atomic E-state index is 2.31. The number of benzene rings is 1. The molecule has 0 heterocycles. The normalized spacial score (nSPS) is 13.6. The predicted molar refractivity (Wildman–Crippen MR) is 100 cm³/mol. The molecule has 0 nitrogen and oxygen atoms in total. The fraction of sp³-hybridized carbons (Fsp3) is 0.545. The van der Waals surface area contributed by atoms with Crippen LogP contribution in [0.1, 0.15) is 84.3 Å². The summed E-state index contributed by atoms with van der Waals surface area (Å²) in [4.78, 5) is 0. The van der Waals surface area contributed by atoms with Crippen LogP contribution in [0.25, 0.3) is 0 Å². The molecule has 0 amide bonds. The van der Waals surface area contributed by atoms with Crippen molar-refractivity contribution in [1.29, 1.82) is 0 Å². The van der Waals surface area contributed by atoms with Crippen molar-refractivity contribution in [1.82, 2.24) is 0 Å². The lowest BCUT2D eigenvalue weighted by molar-refractivity contribution is 0.597. The summed E-state index contributed by atoms with van der Waals surface area (Å²) in [6.45, 7) is 15.8. The second-order valence-electron chi connectivity index (χ2n) is 6.76. The molecule has 0 fully saturated rings. The first kappa shape index (κ1) is 18.7. The Bertz CT molecular complexity index is 522. The molecule has 0 aliphatic rings. The van der Waals surface area contributed by atoms with Crippen LogP contribution in [0.15, 0.2) is 46.6 Å². The Hall–Kier alpha value is -1.30. The largest absolute Gasteiger partial charge is 0.0732 e. The summed E-state index contributed by atoms with van der Waals surface area (Å²) in [6.07, 6.45) is 4.87. The van der Waals surface area contributed by atoms with E-state index in [1.807, 2.05) is 0 Å². The lowest BCUT2D eigenvalue weighted by Gasteiger charge is -2.18. The highest BCUT2D eigenvalue weighted by atomic mass is 14.2. The molecule has 0 spiro atoms. The molecule has 1 unspecified atom stereocenters. The second kappa shape index (κ2) is 8.98. The molecule has 1 atom stereocenters. The zero-order valence-electron chi connectivity index (χ0n) is 15.7. The lowest BCUT2D eigenvalue weighted by atomic mass is 9.87. The van der Waals surface area contributed by atoms with Gasteiger partial charge in [0.25, 0.3) is 0 Å². The number of aryl methyl sites for hydroxylation is 1. The third kappa shape index (κ3) is 5.16. The summed E-state index contributed by atoms with van der Waals surface area (Å²) in [6, 6.07) is 9.11. The molecule has 1 rings (SSSR count). The van der Waals surface area contributed by atoms with Gasteiger partial charge in [-0.25, -0.2) is 0 Å². The summed E-state index contributed by atoms with van der Waals surface area (Å²) >= 11 is 0. The summed E-state index contributed by atoms with van der Waals surface area (Å²) in [5, 5.41) is 0. The van der Waals surface area contributed by atoms with E-state index in [9.17, 15) is 0 Å².